The van der Waals surface area contributed by atoms with Crippen LogP contribution in [0.2, 0.25) is 0 Å². The van der Waals surface area contributed by atoms with Gasteiger partial charge in [-0.3, -0.25) is 4.79 Å². The van der Waals surface area contributed by atoms with Crippen LogP contribution in [0.1, 0.15) is 31.1 Å². The molecule has 1 heterocycles. The highest BCUT2D eigenvalue weighted by molar-refractivity contribution is 7.89. The third-order valence-corrected chi connectivity index (χ3v) is 7.80. The van der Waals surface area contributed by atoms with E-state index in [0.717, 1.165) is 44.1 Å². The highest BCUT2D eigenvalue weighted by Gasteiger charge is 2.23. The quantitative estimate of drug-likeness (QED) is 0.677. The van der Waals surface area contributed by atoms with Gasteiger partial charge in [0.1, 0.15) is 0 Å². The van der Waals surface area contributed by atoms with Crippen molar-refractivity contribution < 1.29 is 13.2 Å². The van der Waals surface area contributed by atoms with Gasteiger partial charge < -0.3 is 15.1 Å². The second kappa shape index (κ2) is 10.3. The molecule has 1 saturated heterocycles. The van der Waals surface area contributed by atoms with E-state index < -0.39 is 10.0 Å². The second-order valence-corrected chi connectivity index (χ2v) is 9.45. The lowest BCUT2D eigenvalue weighted by Gasteiger charge is -2.36. The number of likely N-dealkylation sites (N-methyl/N-ethyl adjacent to an activating group) is 1. The maximum Gasteiger partial charge on any atom is 0.255 e. The third-order valence-electron chi connectivity index (χ3n) is 5.75. The first-order valence-electron chi connectivity index (χ1n) is 10.9. The Morgan fingerprint density at radius 3 is 2.29 bits per heavy atom. The number of nitrogens with one attached hydrogen (secondary N) is 1. The van der Waals surface area contributed by atoms with Crippen LogP contribution in [-0.4, -0.2) is 69.3 Å². The number of rotatable bonds is 8. The Balaban J connectivity index is 1.80. The molecule has 0 radical (unpaired) electrons. The molecule has 0 atom stereocenters. The molecular formula is C23H32N4O3S. The minimum atomic E-state index is -3.62. The number of carbonyl (C=O) groups is 1. The summed E-state index contributed by atoms with van der Waals surface area (Å²) in [6.07, 6.45) is 0. The lowest BCUT2D eigenvalue weighted by Crippen LogP contribution is -2.46. The van der Waals surface area contributed by atoms with Crippen molar-refractivity contribution in [3.63, 3.8) is 0 Å². The van der Waals surface area contributed by atoms with E-state index in [0.29, 0.717) is 18.7 Å². The first-order valence-corrected chi connectivity index (χ1v) is 12.3. The summed E-state index contributed by atoms with van der Waals surface area (Å²) in [5, 5.41) is 2.98. The Labute approximate surface area is 185 Å². The van der Waals surface area contributed by atoms with Gasteiger partial charge in [-0.1, -0.05) is 39.0 Å². The molecule has 0 saturated carbocycles. The van der Waals surface area contributed by atoms with Crippen LogP contribution in [0.4, 0.5) is 11.4 Å². The van der Waals surface area contributed by atoms with Crippen LogP contribution >= 0.6 is 0 Å². The molecule has 0 aromatic heterocycles. The molecule has 7 nitrogen and oxygen atoms in total. The average molecular weight is 445 g/mol. The van der Waals surface area contributed by atoms with Crippen LogP contribution in [0.3, 0.4) is 0 Å². The van der Waals surface area contributed by atoms with Crippen molar-refractivity contribution in [2.45, 2.75) is 25.7 Å². The molecule has 1 fully saturated rings. The maximum absolute atomic E-state index is 13.0. The fourth-order valence-corrected chi connectivity index (χ4v) is 5.37. The molecule has 168 valence electrons. The minimum Gasteiger partial charge on any atom is -0.367 e. The zero-order valence-electron chi connectivity index (χ0n) is 18.5. The van der Waals surface area contributed by atoms with Crippen molar-refractivity contribution >= 4 is 27.3 Å². The molecule has 8 heteroatoms. The summed E-state index contributed by atoms with van der Waals surface area (Å²) >= 11 is 0. The van der Waals surface area contributed by atoms with Crippen molar-refractivity contribution in [3.05, 3.63) is 54.1 Å². The van der Waals surface area contributed by atoms with Gasteiger partial charge in [-0.25, -0.2) is 8.42 Å². The van der Waals surface area contributed by atoms with Gasteiger partial charge >= 0.3 is 0 Å². The van der Waals surface area contributed by atoms with Gasteiger partial charge in [-0.2, -0.15) is 4.31 Å². The first-order chi connectivity index (χ1) is 14.9. The van der Waals surface area contributed by atoms with Crippen molar-refractivity contribution in [2.75, 3.05) is 56.0 Å². The highest BCUT2D eigenvalue weighted by atomic mass is 32.2. The van der Waals surface area contributed by atoms with Crippen LogP contribution < -0.4 is 10.2 Å². The van der Waals surface area contributed by atoms with Gasteiger partial charge in [-0.05, 0) is 36.9 Å². The predicted octanol–water partition coefficient (Wildman–Crippen LogP) is 3.11. The van der Waals surface area contributed by atoms with Crippen molar-refractivity contribution in [2.24, 2.45) is 0 Å². The molecule has 2 aromatic carbocycles. The van der Waals surface area contributed by atoms with Crippen LogP contribution in [0.15, 0.2) is 53.4 Å². The topological polar surface area (TPSA) is 73.0 Å². The van der Waals surface area contributed by atoms with Crippen molar-refractivity contribution in [1.82, 2.24) is 9.21 Å². The molecular weight excluding hydrogens is 412 g/mol. The fraction of sp³-hybridized carbons (Fsp3) is 0.435. The number of para-hydroxylation sites is 2. The van der Waals surface area contributed by atoms with E-state index in [1.165, 1.54) is 16.4 Å². The minimum absolute atomic E-state index is 0.132. The Morgan fingerprint density at radius 2 is 1.65 bits per heavy atom. The van der Waals surface area contributed by atoms with Gasteiger partial charge in [0, 0.05) is 44.8 Å². The Bertz CT molecular complexity index is 997. The Morgan fingerprint density at radius 1 is 0.968 bits per heavy atom. The molecule has 3 rings (SSSR count). The predicted molar refractivity (Wildman–Crippen MR) is 125 cm³/mol. The van der Waals surface area contributed by atoms with Crippen LogP contribution in [-0.2, 0) is 10.0 Å². The molecule has 1 aliphatic rings. The third kappa shape index (κ3) is 5.26. The van der Waals surface area contributed by atoms with Crippen LogP contribution in [0.25, 0.3) is 0 Å². The standard InChI is InChI=1S/C23H32N4O3S/c1-4-25-14-16-26(17-15-25)22-13-8-7-12-21(22)24-23(28)19-10-9-11-20(18-19)31(29,30)27(5-2)6-3/h7-13,18H,4-6,14-17H2,1-3H3,(H,24,28). The van der Waals surface area contributed by atoms with E-state index in [1.54, 1.807) is 26.0 Å². The number of carbonyl (C=O) groups excluding carboxylic acids is 1. The van der Waals surface area contributed by atoms with E-state index in [1.807, 2.05) is 24.3 Å². The number of piperazine rings is 1. The largest absolute Gasteiger partial charge is 0.367 e. The molecule has 1 amide bonds. The summed E-state index contributed by atoms with van der Waals surface area (Å²) < 4.78 is 27.0. The summed E-state index contributed by atoms with van der Waals surface area (Å²) in [4.78, 5) is 17.8. The smallest absolute Gasteiger partial charge is 0.255 e. The highest BCUT2D eigenvalue weighted by Crippen LogP contribution is 2.27. The number of sulfonamides is 1. The summed E-state index contributed by atoms with van der Waals surface area (Å²) in [7, 11) is -3.62. The van der Waals surface area contributed by atoms with E-state index >= 15 is 0 Å². The molecule has 1 aliphatic heterocycles. The summed E-state index contributed by atoms with van der Waals surface area (Å²) in [6.45, 7) is 11.4. The van der Waals surface area contributed by atoms with Crippen molar-refractivity contribution in [1.29, 1.82) is 0 Å². The van der Waals surface area contributed by atoms with Gasteiger partial charge in [0.05, 0.1) is 16.3 Å². The van der Waals surface area contributed by atoms with Gasteiger partial charge in [-0.15, -0.1) is 0 Å². The van der Waals surface area contributed by atoms with E-state index in [2.05, 4.69) is 22.0 Å². The molecule has 0 aliphatic carbocycles. The summed E-state index contributed by atoms with van der Waals surface area (Å²) in [6, 6.07) is 14.0. The van der Waals surface area contributed by atoms with Gasteiger partial charge in [0.2, 0.25) is 10.0 Å². The number of benzene rings is 2. The first kappa shape index (κ1) is 23.2. The van der Waals surface area contributed by atoms with E-state index in [-0.39, 0.29) is 10.8 Å². The Kier molecular flexibility index (Phi) is 7.69. The van der Waals surface area contributed by atoms with Crippen LogP contribution in [0.5, 0.6) is 0 Å². The summed E-state index contributed by atoms with van der Waals surface area (Å²) in [5.41, 5.74) is 2.03. The maximum atomic E-state index is 13.0. The number of nitrogens with zero attached hydrogens (tertiary/aromatic N) is 3. The normalized spacial score (nSPS) is 15.3. The number of hydrogen-bond acceptors (Lipinski definition) is 5. The van der Waals surface area contributed by atoms with Crippen LogP contribution in [0, 0.1) is 0 Å². The van der Waals surface area contributed by atoms with Crippen molar-refractivity contribution in [3.8, 4) is 0 Å². The zero-order chi connectivity index (χ0) is 22.4. The van der Waals surface area contributed by atoms with E-state index in [4.69, 9.17) is 0 Å². The molecule has 2 aromatic rings. The lowest BCUT2D eigenvalue weighted by atomic mass is 10.1. The zero-order valence-corrected chi connectivity index (χ0v) is 19.4. The summed E-state index contributed by atoms with van der Waals surface area (Å²) in [5.74, 6) is -0.323. The lowest BCUT2D eigenvalue weighted by molar-refractivity contribution is 0.102. The monoisotopic (exact) mass is 444 g/mol. The fourth-order valence-electron chi connectivity index (χ4n) is 3.86. The number of amides is 1. The van der Waals surface area contributed by atoms with E-state index in [9.17, 15) is 13.2 Å². The van der Waals surface area contributed by atoms with Gasteiger partial charge in [0.15, 0.2) is 0 Å². The molecule has 0 spiro atoms. The molecule has 0 unspecified atom stereocenters. The number of anilines is 2. The Hall–Kier alpha value is -2.42. The SMILES string of the molecule is CCN1CCN(c2ccccc2NC(=O)c2cccc(S(=O)(=O)N(CC)CC)c2)CC1. The number of hydrogen-bond donors (Lipinski definition) is 1. The molecule has 1 N–H and O–H groups in total. The molecule has 31 heavy (non-hydrogen) atoms. The average Bonchev–Trinajstić information content (AvgIpc) is 2.80. The van der Waals surface area contributed by atoms with Gasteiger partial charge in [0.25, 0.3) is 5.91 Å². The second-order valence-electron chi connectivity index (χ2n) is 7.51. The molecule has 0 bridgehead atoms.